The van der Waals surface area contributed by atoms with E-state index in [9.17, 15) is 4.79 Å². The van der Waals surface area contributed by atoms with E-state index in [1.54, 1.807) is 6.92 Å². The molecule has 0 saturated carbocycles. The number of hydrogen-bond donors (Lipinski definition) is 1. The number of amidine groups is 1. The number of rotatable bonds is 1. The number of carbonyl (C=O) groups excluding carboxylic acids is 1. The van der Waals surface area contributed by atoms with Crippen LogP contribution in [0.15, 0.2) is 16.3 Å². The van der Waals surface area contributed by atoms with Crippen LogP contribution in [0.3, 0.4) is 0 Å². The molecule has 0 aromatic carbocycles. The van der Waals surface area contributed by atoms with Gasteiger partial charge in [0.15, 0.2) is 0 Å². The number of methoxy groups -OCH3 is 2. The van der Waals surface area contributed by atoms with Gasteiger partial charge in [0.1, 0.15) is 0 Å². The van der Waals surface area contributed by atoms with Crippen LogP contribution in [0, 0.1) is 0 Å². The minimum atomic E-state index is -0.357. The summed E-state index contributed by atoms with van der Waals surface area (Å²) in [4.78, 5) is 15.1. The molecule has 1 heterocycles. The summed E-state index contributed by atoms with van der Waals surface area (Å²) in [6, 6.07) is 0.421. The normalized spacial score (nSPS) is 16.1. The second kappa shape index (κ2) is 3.93. The lowest BCUT2D eigenvalue weighted by Gasteiger charge is -2.16. The van der Waals surface area contributed by atoms with Crippen molar-refractivity contribution in [2.24, 2.45) is 4.99 Å². The molecule has 5 nitrogen and oxygen atoms in total. The molecule has 5 heteroatoms. The van der Waals surface area contributed by atoms with Crippen LogP contribution >= 0.6 is 0 Å². The lowest BCUT2D eigenvalue weighted by molar-refractivity contribution is -0.136. The van der Waals surface area contributed by atoms with Gasteiger partial charge in [-0.2, -0.15) is 0 Å². The Morgan fingerprint density at radius 3 is 2.69 bits per heavy atom. The van der Waals surface area contributed by atoms with Gasteiger partial charge < -0.3 is 14.8 Å². The third-order valence-corrected chi connectivity index (χ3v) is 1.75. The molecule has 0 bridgehead atoms. The average Bonchev–Trinajstić information content (AvgIpc) is 2.16. The van der Waals surface area contributed by atoms with E-state index in [0.717, 1.165) is 5.70 Å². The Hall–Kier alpha value is -1.52. The molecule has 0 aromatic heterocycles. The first-order valence-corrected chi connectivity index (χ1v) is 3.82. The Morgan fingerprint density at radius 1 is 1.54 bits per heavy atom. The molecule has 1 aliphatic heterocycles. The highest BCUT2D eigenvalue weighted by Gasteiger charge is 2.18. The van der Waals surface area contributed by atoms with Gasteiger partial charge in [0.25, 0.3) is 6.02 Å². The minimum Gasteiger partial charge on any atom is -0.468 e. The zero-order valence-corrected chi connectivity index (χ0v) is 7.88. The Morgan fingerprint density at radius 2 is 2.23 bits per heavy atom. The fourth-order valence-electron chi connectivity index (χ4n) is 1.00. The van der Waals surface area contributed by atoms with Gasteiger partial charge in [-0.1, -0.05) is 0 Å². The van der Waals surface area contributed by atoms with Crippen LogP contribution < -0.4 is 5.32 Å². The molecule has 1 rings (SSSR count). The number of hydrogen-bond acceptors (Lipinski definition) is 5. The fraction of sp³-hybridized carbons (Fsp3) is 0.500. The number of aliphatic imine (C=N–C) groups is 1. The van der Waals surface area contributed by atoms with Crippen molar-refractivity contribution in [3.63, 3.8) is 0 Å². The predicted octanol–water partition coefficient (Wildman–Crippen LogP) is 0.0390. The van der Waals surface area contributed by atoms with E-state index in [4.69, 9.17) is 4.74 Å². The van der Waals surface area contributed by atoms with Gasteiger partial charge in [0.05, 0.1) is 26.3 Å². The summed E-state index contributed by atoms with van der Waals surface area (Å²) >= 11 is 0. The van der Waals surface area contributed by atoms with E-state index in [1.807, 2.05) is 0 Å². The maximum absolute atomic E-state index is 11.1. The lowest BCUT2D eigenvalue weighted by Crippen LogP contribution is -2.31. The Labute approximate surface area is 76.4 Å². The molecule has 0 saturated heterocycles. The first-order valence-electron chi connectivity index (χ1n) is 3.82. The maximum atomic E-state index is 11.1. The van der Waals surface area contributed by atoms with E-state index in [1.165, 1.54) is 14.2 Å². The van der Waals surface area contributed by atoms with Crippen LogP contribution in [-0.2, 0) is 14.3 Å². The van der Waals surface area contributed by atoms with Crippen molar-refractivity contribution in [2.75, 3.05) is 20.8 Å². The third-order valence-electron chi connectivity index (χ3n) is 1.75. The van der Waals surface area contributed by atoms with Crippen molar-refractivity contribution >= 4 is 12.0 Å². The predicted molar refractivity (Wildman–Crippen MR) is 47.2 cm³/mol. The van der Waals surface area contributed by atoms with Crippen molar-refractivity contribution in [2.45, 2.75) is 6.92 Å². The molecular formula is C8H12N2O3. The van der Waals surface area contributed by atoms with Crippen LogP contribution in [0.1, 0.15) is 6.92 Å². The third kappa shape index (κ3) is 1.99. The molecule has 0 radical (unpaired) electrons. The molecule has 72 valence electrons. The van der Waals surface area contributed by atoms with Crippen LogP contribution in [0.4, 0.5) is 0 Å². The van der Waals surface area contributed by atoms with Gasteiger partial charge >= 0.3 is 5.97 Å². The van der Waals surface area contributed by atoms with Gasteiger partial charge in [-0.25, -0.2) is 9.79 Å². The highest BCUT2D eigenvalue weighted by Crippen LogP contribution is 2.08. The van der Waals surface area contributed by atoms with Crippen LogP contribution in [0.25, 0.3) is 0 Å². The number of allylic oxidation sites excluding steroid dienone is 1. The van der Waals surface area contributed by atoms with E-state index in [2.05, 4.69) is 15.0 Å². The molecule has 0 aliphatic carbocycles. The van der Waals surface area contributed by atoms with Crippen molar-refractivity contribution < 1.29 is 14.3 Å². The zero-order valence-electron chi connectivity index (χ0n) is 7.88. The Kier molecular flexibility index (Phi) is 2.89. The monoisotopic (exact) mass is 184 g/mol. The van der Waals surface area contributed by atoms with Crippen LogP contribution in [0.2, 0.25) is 0 Å². The molecule has 13 heavy (non-hydrogen) atoms. The number of ether oxygens (including phenoxy) is 2. The number of carbonyl (C=O) groups is 1. The minimum absolute atomic E-state index is 0.300. The summed E-state index contributed by atoms with van der Waals surface area (Å²) in [5.41, 5.74) is 1.25. The first-order chi connectivity index (χ1) is 6.19. The standard InChI is InChI=1S/C8H12N2O3/c1-5-6(7(11)12-2)4-9-8(10-5)13-3/h4H2,1-3H3,(H,9,10). The van der Waals surface area contributed by atoms with Gasteiger partial charge in [0.2, 0.25) is 0 Å². The van der Waals surface area contributed by atoms with E-state index in [-0.39, 0.29) is 5.97 Å². The largest absolute Gasteiger partial charge is 0.468 e. The zero-order chi connectivity index (χ0) is 9.84. The Bertz CT molecular complexity index is 281. The number of nitrogens with zero attached hydrogens (tertiary/aromatic N) is 1. The summed E-state index contributed by atoms with van der Waals surface area (Å²) in [5, 5.41) is 2.84. The van der Waals surface area contributed by atoms with Crippen molar-refractivity contribution in [1.82, 2.24) is 5.32 Å². The van der Waals surface area contributed by atoms with Crippen LogP contribution in [-0.4, -0.2) is 32.8 Å². The van der Waals surface area contributed by atoms with E-state index in [0.29, 0.717) is 18.1 Å². The SMILES string of the molecule is COC(=O)C1=C(C)NC(OC)=NC1. The molecule has 0 atom stereocenters. The second-order valence-corrected chi connectivity index (χ2v) is 2.55. The molecule has 0 amide bonds. The molecule has 1 aliphatic rings. The summed E-state index contributed by atoms with van der Waals surface area (Å²) < 4.78 is 9.46. The highest BCUT2D eigenvalue weighted by molar-refractivity contribution is 5.92. The topological polar surface area (TPSA) is 59.9 Å². The summed E-state index contributed by atoms with van der Waals surface area (Å²) in [5.74, 6) is -0.357. The van der Waals surface area contributed by atoms with Gasteiger partial charge in [-0.05, 0) is 6.92 Å². The smallest absolute Gasteiger partial charge is 0.337 e. The van der Waals surface area contributed by atoms with E-state index < -0.39 is 0 Å². The second-order valence-electron chi connectivity index (χ2n) is 2.55. The fourth-order valence-corrected chi connectivity index (χ4v) is 1.00. The highest BCUT2D eigenvalue weighted by atomic mass is 16.5. The van der Waals surface area contributed by atoms with Crippen molar-refractivity contribution in [3.05, 3.63) is 11.3 Å². The number of esters is 1. The van der Waals surface area contributed by atoms with E-state index >= 15 is 0 Å². The van der Waals surface area contributed by atoms with Crippen LogP contribution in [0.5, 0.6) is 0 Å². The maximum Gasteiger partial charge on any atom is 0.337 e. The van der Waals surface area contributed by atoms with Gasteiger partial charge in [-0.3, -0.25) is 0 Å². The summed E-state index contributed by atoms with van der Waals surface area (Å²) in [7, 11) is 2.86. The van der Waals surface area contributed by atoms with Crippen molar-refractivity contribution in [3.8, 4) is 0 Å². The summed E-state index contributed by atoms with van der Waals surface area (Å²) in [6.45, 7) is 2.08. The van der Waals surface area contributed by atoms with Gasteiger partial charge in [0, 0.05) is 5.70 Å². The van der Waals surface area contributed by atoms with Crippen molar-refractivity contribution in [1.29, 1.82) is 0 Å². The number of nitrogens with one attached hydrogen (secondary N) is 1. The quantitative estimate of drug-likeness (QED) is 0.584. The molecule has 0 aromatic rings. The van der Waals surface area contributed by atoms with Gasteiger partial charge in [-0.15, -0.1) is 0 Å². The summed E-state index contributed by atoms with van der Waals surface area (Å²) in [6.07, 6.45) is 0. The molecular weight excluding hydrogens is 172 g/mol. The molecule has 0 spiro atoms. The first kappa shape index (κ1) is 9.57. The average molecular weight is 184 g/mol. The molecule has 0 fully saturated rings. The molecule has 0 unspecified atom stereocenters. The Balaban J connectivity index is 2.75. The molecule has 1 N–H and O–H groups in total. The lowest BCUT2D eigenvalue weighted by atomic mass is 10.2.